The maximum atomic E-state index is 5.48. The van der Waals surface area contributed by atoms with Crippen molar-refractivity contribution in [2.75, 3.05) is 6.54 Å². The van der Waals surface area contributed by atoms with Crippen LogP contribution >= 0.6 is 0 Å². The molecule has 0 saturated carbocycles. The van der Waals surface area contributed by atoms with E-state index in [0.717, 1.165) is 6.54 Å². The molecule has 3 nitrogen and oxygen atoms in total. The molecule has 0 aliphatic rings. The lowest BCUT2D eigenvalue weighted by Gasteiger charge is -2.03. The van der Waals surface area contributed by atoms with Crippen LogP contribution in [0.1, 0.15) is 6.92 Å². The topological polar surface area (TPSA) is 50.4 Å². The summed E-state index contributed by atoms with van der Waals surface area (Å²) in [5.41, 5.74) is 6.00. The molecule has 0 amide bonds. The highest BCUT2D eigenvalue weighted by molar-refractivity contribution is 5.31. The largest absolute Gasteiger partial charge is 0.396 e. The Bertz CT molecular complexity index is 158. The van der Waals surface area contributed by atoms with Crippen LogP contribution in [-0.2, 0) is 0 Å². The van der Waals surface area contributed by atoms with E-state index in [-0.39, 0.29) is 0 Å². The van der Waals surface area contributed by atoms with Crippen LogP contribution in [0.3, 0.4) is 0 Å². The maximum absolute atomic E-state index is 5.48. The molecular formula is C7H13N3. The van der Waals surface area contributed by atoms with Gasteiger partial charge >= 0.3 is 0 Å². The number of aliphatic imine (C=N–C) groups is 1. The van der Waals surface area contributed by atoms with Crippen LogP contribution in [-0.4, -0.2) is 13.3 Å². The minimum atomic E-state index is 0.525. The summed E-state index contributed by atoms with van der Waals surface area (Å²) in [6.45, 7) is 9.59. The molecule has 0 aliphatic heterocycles. The number of hydrogen-bond donors (Lipinski definition) is 2. The van der Waals surface area contributed by atoms with E-state index >= 15 is 0 Å². The van der Waals surface area contributed by atoms with E-state index in [4.69, 9.17) is 5.73 Å². The van der Waals surface area contributed by atoms with Gasteiger partial charge in [0.25, 0.3) is 0 Å². The Labute approximate surface area is 61.3 Å². The average molecular weight is 139 g/mol. The van der Waals surface area contributed by atoms with E-state index in [1.54, 1.807) is 0 Å². The molecule has 0 atom stereocenters. The number of nitrogens with one attached hydrogen (secondary N) is 1. The van der Waals surface area contributed by atoms with Crippen molar-refractivity contribution >= 4 is 6.72 Å². The molecule has 0 heterocycles. The molecule has 3 N–H and O–H groups in total. The molecule has 0 fully saturated rings. The van der Waals surface area contributed by atoms with Crippen molar-refractivity contribution in [2.24, 2.45) is 10.7 Å². The van der Waals surface area contributed by atoms with Crippen LogP contribution in [0.5, 0.6) is 0 Å². The monoisotopic (exact) mass is 139 g/mol. The van der Waals surface area contributed by atoms with Crippen molar-refractivity contribution in [3.05, 3.63) is 24.2 Å². The van der Waals surface area contributed by atoms with Gasteiger partial charge in [-0.25, -0.2) is 4.99 Å². The Morgan fingerprint density at radius 3 is 2.70 bits per heavy atom. The standard InChI is InChI=1S/C7H13N3/c1-4-6(8)7(9-3)10-5-2/h4,10H,1,3,5,8H2,2H3/b7-6-. The Morgan fingerprint density at radius 2 is 2.40 bits per heavy atom. The normalized spacial score (nSPS) is 11.7. The van der Waals surface area contributed by atoms with Crippen molar-refractivity contribution in [3.63, 3.8) is 0 Å². The quantitative estimate of drug-likeness (QED) is 0.443. The second-order valence-electron chi connectivity index (χ2n) is 1.70. The van der Waals surface area contributed by atoms with Crippen molar-refractivity contribution in [3.8, 4) is 0 Å². The molecule has 0 spiro atoms. The van der Waals surface area contributed by atoms with Crippen LogP contribution in [0.25, 0.3) is 0 Å². The van der Waals surface area contributed by atoms with Crippen LogP contribution in [0, 0.1) is 0 Å². The Hall–Kier alpha value is -1.25. The predicted molar refractivity (Wildman–Crippen MR) is 44.6 cm³/mol. The third-order valence-electron chi connectivity index (χ3n) is 0.996. The Morgan fingerprint density at radius 1 is 1.80 bits per heavy atom. The van der Waals surface area contributed by atoms with Gasteiger partial charge in [0.1, 0.15) is 5.82 Å². The third-order valence-corrected chi connectivity index (χ3v) is 0.996. The zero-order valence-electron chi connectivity index (χ0n) is 6.22. The third kappa shape index (κ3) is 2.35. The summed E-state index contributed by atoms with van der Waals surface area (Å²) >= 11 is 0. The van der Waals surface area contributed by atoms with Gasteiger partial charge in [-0.15, -0.1) is 0 Å². The smallest absolute Gasteiger partial charge is 0.148 e. The van der Waals surface area contributed by atoms with Gasteiger partial charge in [-0.2, -0.15) is 0 Å². The number of nitrogens with two attached hydrogens (primary N) is 1. The fraction of sp³-hybridized carbons (Fsp3) is 0.286. The van der Waals surface area contributed by atoms with Gasteiger partial charge in [-0.3, -0.25) is 0 Å². The summed E-state index contributed by atoms with van der Waals surface area (Å²) in [5.74, 6) is 0.595. The molecule has 3 heteroatoms. The highest BCUT2D eigenvalue weighted by Crippen LogP contribution is 1.95. The van der Waals surface area contributed by atoms with Gasteiger partial charge < -0.3 is 11.1 Å². The molecule has 0 rings (SSSR count). The Kier molecular flexibility index (Phi) is 4.04. The summed E-state index contributed by atoms with van der Waals surface area (Å²) in [5, 5.41) is 2.94. The molecule has 0 radical (unpaired) electrons. The van der Waals surface area contributed by atoms with Crippen LogP contribution in [0.2, 0.25) is 0 Å². The van der Waals surface area contributed by atoms with Crippen molar-refractivity contribution in [1.82, 2.24) is 5.32 Å². The van der Waals surface area contributed by atoms with Crippen molar-refractivity contribution < 1.29 is 0 Å². The van der Waals surface area contributed by atoms with Crippen molar-refractivity contribution in [2.45, 2.75) is 6.92 Å². The second-order valence-corrected chi connectivity index (χ2v) is 1.70. The lowest BCUT2D eigenvalue weighted by Crippen LogP contribution is -2.15. The molecule has 0 aromatic carbocycles. The first-order valence-corrected chi connectivity index (χ1v) is 3.09. The minimum absolute atomic E-state index is 0.525. The summed E-state index contributed by atoms with van der Waals surface area (Å²) in [7, 11) is 0. The zero-order chi connectivity index (χ0) is 7.98. The van der Waals surface area contributed by atoms with Crippen LogP contribution in [0.15, 0.2) is 29.2 Å². The molecule has 0 aromatic rings. The lowest BCUT2D eigenvalue weighted by molar-refractivity contribution is 0.830. The minimum Gasteiger partial charge on any atom is -0.396 e. The molecule has 56 valence electrons. The maximum Gasteiger partial charge on any atom is 0.148 e. The predicted octanol–water partition coefficient (Wildman–Crippen LogP) is 0.610. The molecular weight excluding hydrogens is 126 g/mol. The van der Waals surface area contributed by atoms with Gasteiger partial charge in [-0.05, 0) is 19.7 Å². The fourth-order valence-corrected chi connectivity index (χ4v) is 0.513. The Balaban J connectivity index is 4.28. The summed E-state index contributed by atoms with van der Waals surface area (Å²) in [6.07, 6.45) is 1.53. The van der Waals surface area contributed by atoms with Gasteiger partial charge in [-0.1, -0.05) is 6.58 Å². The van der Waals surface area contributed by atoms with Gasteiger partial charge in [0, 0.05) is 6.54 Å². The summed E-state index contributed by atoms with van der Waals surface area (Å²) in [4.78, 5) is 3.67. The van der Waals surface area contributed by atoms with E-state index in [1.807, 2.05) is 6.92 Å². The number of allylic oxidation sites excluding steroid dienone is 1. The fourth-order valence-electron chi connectivity index (χ4n) is 0.513. The molecule has 0 saturated heterocycles. The summed E-state index contributed by atoms with van der Waals surface area (Å²) < 4.78 is 0. The number of rotatable bonds is 4. The highest BCUT2D eigenvalue weighted by Gasteiger charge is 1.92. The van der Waals surface area contributed by atoms with E-state index in [2.05, 4.69) is 23.6 Å². The van der Waals surface area contributed by atoms with Crippen LogP contribution in [0.4, 0.5) is 0 Å². The van der Waals surface area contributed by atoms with E-state index in [9.17, 15) is 0 Å². The van der Waals surface area contributed by atoms with E-state index in [1.165, 1.54) is 6.08 Å². The zero-order valence-corrected chi connectivity index (χ0v) is 6.22. The molecule has 10 heavy (non-hydrogen) atoms. The van der Waals surface area contributed by atoms with Crippen LogP contribution < -0.4 is 11.1 Å². The molecule has 0 unspecified atom stereocenters. The second kappa shape index (κ2) is 4.61. The number of nitrogens with zero attached hydrogens (tertiary/aromatic N) is 1. The van der Waals surface area contributed by atoms with E-state index < -0.39 is 0 Å². The number of hydrogen-bond acceptors (Lipinski definition) is 3. The first kappa shape index (κ1) is 8.75. The van der Waals surface area contributed by atoms with Gasteiger partial charge in [0.15, 0.2) is 0 Å². The van der Waals surface area contributed by atoms with Crippen molar-refractivity contribution in [1.29, 1.82) is 0 Å². The first-order valence-electron chi connectivity index (χ1n) is 3.09. The SMILES string of the molecule is C=C/C(N)=C(\N=C)NCC. The van der Waals surface area contributed by atoms with Gasteiger partial charge in [0.05, 0.1) is 5.70 Å². The highest BCUT2D eigenvalue weighted by atomic mass is 15.0. The molecule has 0 aromatic heterocycles. The van der Waals surface area contributed by atoms with Gasteiger partial charge in [0.2, 0.25) is 0 Å². The molecule has 0 aliphatic carbocycles. The lowest BCUT2D eigenvalue weighted by atomic mass is 10.4. The first-order chi connectivity index (χ1) is 4.76. The average Bonchev–Trinajstić information content (AvgIpc) is 1.99. The van der Waals surface area contributed by atoms with E-state index in [0.29, 0.717) is 11.5 Å². The molecule has 0 bridgehead atoms. The summed E-state index contributed by atoms with van der Waals surface area (Å²) in [6, 6.07) is 0.